The number of nitrogens with zero attached hydrogens (tertiary/aromatic N) is 1. The zero-order valence-electron chi connectivity index (χ0n) is 13.6. The summed E-state index contributed by atoms with van der Waals surface area (Å²) < 4.78 is 0. The number of nitro benzene ring substituents is 1. The van der Waals surface area contributed by atoms with Crippen molar-refractivity contribution in [2.45, 2.75) is 0 Å². The van der Waals surface area contributed by atoms with Gasteiger partial charge < -0.3 is 10.4 Å². The van der Waals surface area contributed by atoms with Crippen molar-refractivity contribution in [1.82, 2.24) is 0 Å². The van der Waals surface area contributed by atoms with E-state index in [9.17, 15) is 24.8 Å². The first-order valence-electron chi connectivity index (χ1n) is 7.58. The summed E-state index contributed by atoms with van der Waals surface area (Å²) in [5.74, 6) is -1.65. The van der Waals surface area contributed by atoms with Gasteiger partial charge in [-0.15, -0.1) is 22.7 Å². The smallest absolute Gasteiger partial charge is 0.348 e. The molecule has 0 aliphatic heterocycles. The minimum absolute atomic E-state index is 0.0469. The van der Waals surface area contributed by atoms with E-state index in [4.69, 9.17) is 0 Å². The van der Waals surface area contributed by atoms with E-state index in [-0.39, 0.29) is 16.3 Å². The Kier molecular flexibility index (Phi) is 5.43. The van der Waals surface area contributed by atoms with E-state index in [0.29, 0.717) is 10.4 Å². The highest BCUT2D eigenvalue weighted by molar-refractivity contribution is 7.18. The fourth-order valence-electron chi connectivity index (χ4n) is 2.28. The molecule has 0 bridgehead atoms. The lowest BCUT2D eigenvalue weighted by atomic mass is 10.1. The summed E-state index contributed by atoms with van der Waals surface area (Å²) >= 11 is 2.41. The predicted molar refractivity (Wildman–Crippen MR) is 105 cm³/mol. The summed E-state index contributed by atoms with van der Waals surface area (Å²) in [6.45, 7) is 0. The summed E-state index contributed by atoms with van der Waals surface area (Å²) in [7, 11) is 0. The van der Waals surface area contributed by atoms with Crippen LogP contribution in [0.3, 0.4) is 0 Å². The maximum atomic E-state index is 12.1. The molecular weight excluding hydrogens is 388 g/mol. The lowest BCUT2D eigenvalue weighted by Crippen LogP contribution is -2.09. The van der Waals surface area contributed by atoms with Gasteiger partial charge in [0.05, 0.1) is 10.6 Å². The predicted octanol–water partition coefficient (Wildman–Crippen LogP) is 4.73. The number of anilines is 1. The monoisotopic (exact) mass is 400 g/mol. The molecule has 27 heavy (non-hydrogen) atoms. The lowest BCUT2D eigenvalue weighted by Gasteiger charge is -2.00. The molecule has 2 heterocycles. The number of nitrogens with one attached hydrogen (secondary N) is 1. The summed E-state index contributed by atoms with van der Waals surface area (Å²) in [6, 6.07) is 11.1. The fourth-order valence-corrected chi connectivity index (χ4v) is 3.84. The highest BCUT2D eigenvalue weighted by Crippen LogP contribution is 2.36. The summed E-state index contributed by atoms with van der Waals surface area (Å²) in [5.41, 5.74) is 0.559. The molecule has 9 heteroatoms. The van der Waals surface area contributed by atoms with Crippen LogP contribution in [-0.2, 0) is 4.79 Å². The number of amides is 1. The molecule has 0 aliphatic rings. The number of carboxylic acids is 1. The summed E-state index contributed by atoms with van der Waals surface area (Å²) in [5, 5.41) is 24.8. The quantitative estimate of drug-likeness (QED) is 0.353. The Morgan fingerprint density at radius 3 is 2.67 bits per heavy atom. The van der Waals surface area contributed by atoms with E-state index in [1.165, 1.54) is 41.7 Å². The largest absolute Gasteiger partial charge is 0.477 e. The molecular formula is C18H12N2O5S2. The van der Waals surface area contributed by atoms with E-state index >= 15 is 0 Å². The number of thiophene rings is 2. The van der Waals surface area contributed by atoms with Crippen LogP contribution in [0.1, 0.15) is 14.5 Å². The number of carboxylic acid groups (broad SMARTS) is 1. The van der Waals surface area contributed by atoms with Gasteiger partial charge in [0.2, 0.25) is 5.91 Å². The second-order valence-corrected chi connectivity index (χ2v) is 7.34. The Morgan fingerprint density at radius 2 is 2.00 bits per heavy atom. The van der Waals surface area contributed by atoms with Crippen LogP contribution in [0.5, 0.6) is 0 Å². The molecule has 0 fully saturated rings. The topological polar surface area (TPSA) is 110 Å². The van der Waals surface area contributed by atoms with Crippen LogP contribution in [-0.4, -0.2) is 21.9 Å². The summed E-state index contributed by atoms with van der Waals surface area (Å²) in [6.07, 6.45) is 2.95. The van der Waals surface area contributed by atoms with Gasteiger partial charge in [0.15, 0.2) is 0 Å². The number of benzene rings is 1. The van der Waals surface area contributed by atoms with Gasteiger partial charge in [0, 0.05) is 28.0 Å². The number of nitro groups is 1. The van der Waals surface area contributed by atoms with Gasteiger partial charge in [-0.3, -0.25) is 14.9 Å². The van der Waals surface area contributed by atoms with Crippen LogP contribution >= 0.6 is 22.7 Å². The van der Waals surface area contributed by atoms with Crippen molar-refractivity contribution >= 4 is 52.0 Å². The average Bonchev–Trinajstić information content (AvgIpc) is 3.30. The minimum atomic E-state index is -1.19. The van der Waals surface area contributed by atoms with E-state index < -0.39 is 16.8 Å². The number of hydrogen-bond acceptors (Lipinski definition) is 6. The van der Waals surface area contributed by atoms with Crippen LogP contribution in [0.2, 0.25) is 0 Å². The number of aromatic carboxylic acids is 1. The van der Waals surface area contributed by atoms with Gasteiger partial charge in [-0.2, -0.15) is 0 Å². The van der Waals surface area contributed by atoms with Crippen molar-refractivity contribution in [1.29, 1.82) is 0 Å². The SMILES string of the molecule is O=C(/C=C/c1cccs1)Nc1cc(-c2cccc([N+](=O)[O-])c2)sc1C(=O)O. The molecule has 2 N–H and O–H groups in total. The third-order valence-corrected chi connectivity index (χ3v) is 5.48. The highest BCUT2D eigenvalue weighted by Gasteiger charge is 2.18. The molecule has 2 aromatic heterocycles. The third kappa shape index (κ3) is 4.46. The summed E-state index contributed by atoms with van der Waals surface area (Å²) in [4.78, 5) is 35.4. The standard InChI is InChI=1S/C18H12N2O5S2/c21-16(7-6-13-5-2-8-26-13)19-14-10-15(27-17(14)18(22)23)11-3-1-4-12(9-11)20(24)25/h1-10H,(H,19,21)(H,22,23)/b7-6+. The Labute approximate surface area is 161 Å². The molecule has 0 saturated heterocycles. The Balaban J connectivity index is 1.87. The molecule has 0 spiro atoms. The third-order valence-electron chi connectivity index (χ3n) is 3.47. The van der Waals surface area contributed by atoms with Crippen LogP contribution in [0, 0.1) is 10.1 Å². The number of non-ortho nitro benzene ring substituents is 1. The van der Waals surface area contributed by atoms with Gasteiger partial charge in [0.1, 0.15) is 4.88 Å². The van der Waals surface area contributed by atoms with Crippen LogP contribution in [0.15, 0.2) is 53.9 Å². The zero-order chi connectivity index (χ0) is 19.4. The van der Waals surface area contributed by atoms with Crippen molar-refractivity contribution in [3.05, 3.63) is 73.8 Å². The maximum absolute atomic E-state index is 12.1. The van der Waals surface area contributed by atoms with Gasteiger partial charge in [-0.25, -0.2) is 4.79 Å². The number of rotatable bonds is 6. The van der Waals surface area contributed by atoms with Crippen LogP contribution < -0.4 is 5.32 Å². The molecule has 3 aromatic rings. The van der Waals surface area contributed by atoms with E-state index in [0.717, 1.165) is 16.2 Å². The van der Waals surface area contributed by atoms with Gasteiger partial charge >= 0.3 is 5.97 Å². The molecule has 0 unspecified atom stereocenters. The van der Waals surface area contributed by atoms with Crippen LogP contribution in [0.4, 0.5) is 11.4 Å². The Bertz CT molecular complexity index is 1040. The first-order chi connectivity index (χ1) is 12.9. The second-order valence-electron chi connectivity index (χ2n) is 5.30. The molecule has 1 aromatic carbocycles. The number of hydrogen-bond donors (Lipinski definition) is 2. The first-order valence-corrected chi connectivity index (χ1v) is 9.28. The zero-order valence-corrected chi connectivity index (χ0v) is 15.3. The molecule has 0 saturated carbocycles. The van der Waals surface area contributed by atoms with E-state index in [2.05, 4.69) is 5.32 Å². The Morgan fingerprint density at radius 1 is 1.19 bits per heavy atom. The van der Waals surface area contributed by atoms with Crippen molar-refractivity contribution in [3.63, 3.8) is 0 Å². The van der Waals surface area contributed by atoms with Crippen molar-refractivity contribution in [2.75, 3.05) is 5.32 Å². The molecule has 0 atom stereocenters. The van der Waals surface area contributed by atoms with E-state index in [1.54, 1.807) is 12.1 Å². The molecule has 0 aliphatic carbocycles. The van der Waals surface area contributed by atoms with Gasteiger partial charge in [0.25, 0.3) is 5.69 Å². The number of carbonyl (C=O) groups is 2. The molecule has 0 radical (unpaired) electrons. The van der Waals surface area contributed by atoms with Crippen molar-refractivity contribution < 1.29 is 19.6 Å². The van der Waals surface area contributed by atoms with Gasteiger partial charge in [-0.05, 0) is 29.2 Å². The maximum Gasteiger partial charge on any atom is 0.348 e. The normalized spacial score (nSPS) is 10.8. The number of carbonyl (C=O) groups excluding carboxylic acids is 1. The molecule has 136 valence electrons. The minimum Gasteiger partial charge on any atom is -0.477 e. The van der Waals surface area contributed by atoms with Crippen molar-refractivity contribution in [2.24, 2.45) is 0 Å². The molecule has 7 nitrogen and oxygen atoms in total. The molecule has 1 amide bonds. The lowest BCUT2D eigenvalue weighted by molar-refractivity contribution is -0.384. The fraction of sp³-hybridized carbons (Fsp3) is 0. The van der Waals surface area contributed by atoms with Gasteiger partial charge in [-0.1, -0.05) is 18.2 Å². The molecule has 3 rings (SSSR count). The first kappa shape index (κ1) is 18.5. The highest BCUT2D eigenvalue weighted by atomic mass is 32.1. The van der Waals surface area contributed by atoms with Crippen LogP contribution in [0.25, 0.3) is 16.5 Å². The van der Waals surface area contributed by atoms with E-state index in [1.807, 2.05) is 17.5 Å². The Hall–Kier alpha value is -3.30. The van der Waals surface area contributed by atoms with Crippen molar-refractivity contribution in [3.8, 4) is 10.4 Å². The average molecular weight is 400 g/mol. The second kappa shape index (κ2) is 7.94.